The van der Waals surface area contributed by atoms with E-state index in [0.717, 1.165) is 67.2 Å². The number of para-hydroxylation sites is 4. The van der Waals surface area contributed by atoms with Crippen molar-refractivity contribution >= 4 is 54.8 Å². The van der Waals surface area contributed by atoms with Crippen molar-refractivity contribution in [1.82, 2.24) is 23.7 Å². The minimum absolute atomic E-state index is 0.743. The summed E-state index contributed by atoms with van der Waals surface area (Å²) >= 11 is 0. The van der Waals surface area contributed by atoms with Crippen LogP contribution in [0.3, 0.4) is 0 Å². The fourth-order valence-electron chi connectivity index (χ4n) is 7.35. The molecule has 0 saturated carbocycles. The molecule has 0 radical (unpaired) electrons. The summed E-state index contributed by atoms with van der Waals surface area (Å²) in [5.41, 5.74) is 9.53. The zero-order chi connectivity index (χ0) is 32.5. The number of hydrogen-bond acceptors (Lipinski definition) is 3. The average molecular weight is 632 g/mol. The van der Waals surface area contributed by atoms with Crippen LogP contribution in [0.25, 0.3) is 77.5 Å². The average Bonchev–Trinajstić information content (AvgIpc) is 3.78. The van der Waals surface area contributed by atoms with Gasteiger partial charge in [0.05, 0.1) is 33.3 Å². The van der Waals surface area contributed by atoms with Crippen LogP contribution in [0.2, 0.25) is 0 Å². The third-order valence-electron chi connectivity index (χ3n) is 9.52. The predicted octanol–water partition coefficient (Wildman–Crippen LogP) is 10.6. The predicted molar refractivity (Wildman–Crippen MR) is 199 cm³/mol. The summed E-state index contributed by atoms with van der Waals surface area (Å²) in [5, 5.41) is 4.66. The molecule has 0 spiro atoms. The minimum atomic E-state index is 0.743. The summed E-state index contributed by atoms with van der Waals surface area (Å²) in [6.07, 6.45) is 1.86. The van der Waals surface area contributed by atoms with Gasteiger partial charge in [0.2, 0.25) is 0 Å². The number of ether oxygens (including phenoxy) is 1. The second-order valence-electron chi connectivity index (χ2n) is 12.4. The number of pyridine rings is 1. The Labute approximate surface area is 281 Å². The van der Waals surface area contributed by atoms with Crippen molar-refractivity contribution in [3.8, 4) is 34.3 Å². The standard InChI is InChI=1S/C43H29N5O/c1-46-39-22-8-6-20-37(39)45-42(46)28-12-9-16-31(24-28)49-32-17-10-15-30(25-32)48-41-26-35-33-18-5-7-21-38(33)47(29-13-3-2-4-14-29)40(35)27-36(41)34-19-11-23-44-43(34)48/h2-27H,1H3. The molecule has 0 aliphatic heterocycles. The number of aryl methyl sites for hydroxylation is 1. The van der Waals surface area contributed by atoms with E-state index in [0.29, 0.717) is 0 Å². The third kappa shape index (κ3) is 4.27. The van der Waals surface area contributed by atoms with Crippen LogP contribution in [0.5, 0.6) is 11.5 Å². The van der Waals surface area contributed by atoms with E-state index in [1.165, 1.54) is 21.8 Å². The van der Waals surface area contributed by atoms with E-state index < -0.39 is 0 Å². The van der Waals surface area contributed by atoms with Gasteiger partial charge in [-0.3, -0.25) is 4.57 Å². The fraction of sp³-hybridized carbons (Fsp3) is 0.0233. The van der Waals surface area contributed by atoms with Crippen molar-refractivity contribution in [3.63, 3.8) is 0 Å². The van der Waals surface area contributed by atoms with Crippen molar-refractivity contribution < 1.29 is 4.74 Å². The van der Waals surface area contributed by atoms with Gasteiger partial charge in [0, 0.05) is 52.1 Å². The number of aromatic nitrogens is 5. The first-order chi connectivity index (χ1) is 24.2. The highest BCUT2D eigenvalue weighted by molar-refractivity contribution is 6.18. The lowest BCUT2D eigenvalue weighted by Crippen LogP contribution is -1.96. The van der Waals surface area contributed by atoms with Crippen LogP contribution in [0.4, 0.5) is 0 Å². The molecule has 0 amide bonds. The first-order valence-electron chi connectivity index (χ1n) is 16.4. The van der Waals surface area contributed by atoms with Gasteiger partial charge < -0.3 is 13.9 Å². The van der Waals surface area contributed by atoms with E-state index in [1.807, 2.05) is 54.7 Å². The second kappa shape index (κ2) is 10.7. The van der Waals surface area contributed by atoms with Gasteiger partial charge in [-0.1, -0.05) is 66.7 Å². The fourth-order valence-corrected chi connectivity index (χ4v) is 7.35. The van der Waals surface area contributed by atoms with Gasteiger partial charge in [-0.2, -0.15) is 0 Å². The Kier molecular flexibility index (Phi) is 5.99. The molecule has 0 aliphatic rings. The van der Waals surface area contributed by atoms with Gasteiger partial charge in [-0.05, 0) is 78.9 Å². The quantitative estimate of drug-likeness (QED) is 0.190. The molecule has 4 aromatic heterocycles. The Morgan fingerprint density at radius 1 is 0.490 bits per heavy atom. The van der Waals surface area contributed by atoms with Crippen molar-refractivity contribution in [2.24, 2.45) is 7.05 Å². The molecule has 10 aromatic rings. The number of fused-ring (bicyclic) bond motifs is 7. The van der Waals surface area contributed by atoms with Crippen LogP contribution in [-0.2, 0) is 7.05 Å². The molecule has 0 aliphatic carbocycles. The Balaban J connectivity index is 1.12. The van der Waals surface area contributed by atoms with Crippen LogP contribution in [0.1, 0.15) is 0 Å². The molecule has 0 fully saturated rings. The molecular formula is C43H29N5O. The monoisotopic (exact) mass is 631 g/mol. The highest BCUT2D eigenvalue weighted by atomic mass is 16.5. The Morgan fingerprint density at radius 2 is 1.16 bits per heavy atom. The summed E-state index contributed by atoms with van der Waals surface area (Å²) in [7, 11) is 2.05. The van der Waals surface area contributed by atoms with Crippen LogP contribution in [0, 0.1) is 0 Å². The lowest BCUT2D eigenvalue weighted by atomic mass is 10.1. The molecule has 4 heterocycles. The Morgan fingerprint density at radius 3 is 2.02 bits per heavy atom. The molecule has 6 heteroatoms. The van der Waals surface area contributed by atoms with Crippen LogP contribution >= 0.6 is 0 Å². The van der Waals surface area contributed by atoms with Crippen molar-refractivity contribution in [2.75, 3.05) is 0 Å². The largest absolute Gasteiger partial charge is 0.457 e. The molecule has 0 atom stereocenters. The number of benzene rings is 6. The molecule has 49 heavy (non-hydrogen) atoms. The second-order valence-corrected chi connectivity index (χ2v) is 12.4. The van der Waals surface area contributed by atoms with Gasteiger partial charge in [0.15, 0.2) is 0 Å². The maximum absolute atomic E-state index is 6.52. The zero-order valence-electron chi connectivity index (χ0n) is 26.7. The van der Waals surface area contributed by atoms with Crippen LogP contribution in [0.15, 0.2) is 158 Å². The first kappa shape index (κ1) is 27.5. The Hall–Kier alpha value is -6.66. The molecule has 0 N–H and O–H groups in total. The highest BCUT2D eigenvalue weighted by Gasteiger charge is 2.19. The van der Waals surface area contributed by atoms with Crippen LogP contribution in [-0.4, -0.2) is 23.7 Å². The number of hydrogen-bond donors (Lipinski definition) is 0. The van der Waals surface area contributed by atoms with E-state index in [9.17, 15) is 0 Å². The number of rotatable bonds is 5. The van der Waals surface area contributed by atoms with E-state index in [-0.39, 0.29) is 0 Å². The minimum Gasteiger partial charge on any atom is -0.457 e. The maximum Gasteiger partial charge on any atom is 0.145 e. The van der Waals surface area contributed by atoms with Gasteiger partial charge in [-0.25, -0.2) is 9.97 Å². The van der Waals surface area contributed by atoms with Crippen LogP contribution < -0.4 is 4.74 Å². The third-order valence-corrected chi connectivity index (χ3v) is 9.52. The van der Waals surface area contributed by atoms with E-state index in [2.05, 4.69) is 124 Å². The zero-order valence-corrected chi connectivity index (χ0v) is 26.7. The summed E-state index contributed by atoms with van der Waals surface area (Å²) in [4.78, 5) is 9.79. The van der Waals surface area contributed by atoms with E-state index >= 15 is 0 Å². The lowest BCUT2D eigenvalue weighted by molar-refractivity contribution is 0.482. The molecule has 0 bridgehead atoms. The number of imidazole rings is 1. The van der Waals surface area contributed by atoms with Gasteiger partial charge in [0.1, 0.15) is 23.0 Å². The van der Waals surface area contributed by atoms with E-state index in [4.69, 9.17) is 14.7 Å². The van der Waals surface area contributed by atoms with Crippen molar-refractivity contribution in [2.45, 2.75) is 0 Å². The molecule has 0 unspecified atom stereocenters. The van der Waals surface area contributed by atoms with Gasteiger partial charge >= 0.3 is 0 Å². The molecule has 0 saturated heterocycles. The smallest absolute Gasteiger partial charge is 0.145 e. The summed E-state index contributed by atoms with van der Waals surface area (Å²) in [6, 6.07) is 52.6. The summed E-state index contributed by atoms with van der Waals surface area (Å²) in [5.74, 6) is 2.39. The van der Waals surface area contributed by atoms with E-state index in [1.54, 1.807) is 0 Å². The highest BCUT2D eigenvalue weighted by Crippen LogP contribution is 2.39. The lowest BCUT2D eigenvalue weighted by Gasteiger charge is -2.12. The van der Waals surface area contributed by atoms with Gasteiger partial charge in [-0.15, -0.1) is 0 Å². The van der Waals surface area contributed by atoms with Gasteiger partial charge in [0.25, 0.3) is 0 Å². The first-order valence-corrected chi connectivity index (χ1v) is 16.4. The van der Waals surface area contributed by atoms with Crippen molar-refractivity contribution in [3.05, 3.63) is 158 Å². The molecular weight excluding hydrogens is 603 g/mol. The molecule has 232 valence electrons. The molecule has 10 rings (SSSR count). The van der Waals surface area contributed by atoms with Crippen molar-refractivity contribution in [1.29, 1.82) is 0 Å². The Bertz CT molecular complexity index is 2880. The number of nitrogens with zero attached hydrogens (tertiary/aromatic N) is 5. The summed E-state index contributed by atoms with van der Waals surface area (Å²) < 4.78 is 13.3. The maximum atomic E-state index is 6.52. The summed E-state index contributed by atoms with van der Waals surface area (Å²) in [6.45, 7) is 0. The normalized spacial score (nSPS) is 11.8. The SMILES string of the molecule is Cn1c(-c2cccc(Oc3cccc(-n4c5cc6c7ccccc7n(-c7ccccc7)c6cc5c5cccnc54)c3)c2)nc2ccccc21. The topological polar surface area (TPSA) is 49.8 Å². The molecule has 6 nitrogen and oxygen atoms in total. The molecule has 6 aromatic carbocycles.